The van der Waals surface area contributed by atoms with Crippen molar-refractivity contribution >= 4 is 22.5 Å². The fourth-order valence-corrected chi connectivity index (χ4v) is 1.30. The standard InChI is InChI=1S/C5H8N4OS/c1-2-9(4(6)10)5-8-7-3-11-5/h3H,2H2,1H3,(H2,6,10). The van der Waals surface area contributed by atoms with Gasteiger partial charge in [-0.25, -0.2) is 4.79 Å². The Morgan fingerprint density at radius 1 is 1.91 bits per heavy atom. The normalized spacial score (nSPS) is 9.55. The van der Waals surface area contributed by atoms with Crippen LogP contribution < -0.4 is 10.6 Å². The molecule has 1 heterocycles. The molecular formula is C5H8N4OS. The van der Waals surface area contributed by atoms with Gasteiger partial charge in [0.25, 0.3) is 0 Å². The van der Waals surface area contributed by atoms with Crippen molar-refractivity contribution in [1.29, 1.82) is 0 Å². The number of hydrogen-bond donors (Lipinski definition) is 1. The summed E-state index contributed by atoms with van der Waals surface area (Å²) >= 11 is 1.29. The molecule has 60 valence electrons. The van der Waals surface area contributed by atoms with E-state index in [2.05, 4.69) is 10.2 Å². The minimum absolute atomic E-state index is 0.496. The highest BCUT2D eigenvalue weighted by Crippen LogP contribution is 2.14. The van der Waals surface area contributed by atoms with Gasteiger partial charge in [-0.2, -0.15) is 0 Å². The third-order valence-corrected chi connectivity index (χ3v) is 1.87. The Labute approximate surface area is 67.8 Å². The first-order valence-corrected chi connectivity index (χ1v) is 3.96. The van der Waals surface area contributed by atoms with E-state index in [1.54, 1.807) is 5.51 Å². The Morgan fingerprint density at radius 2 is 2.64 bits per heavy atom. The van der Waals surface area contributed by atoms with Gasteiger partial charge in [-0.05, 0) is 6.92 Å². The van der Waals surface area contributed by atoms with E-state index in [0.29, 0.717) is 11.7 Å². The molecule has 0 aliphatic rings. The summed E-state index contributed by atoms with van der Waals surface area (Å²) in [5.74, 6) is 0. The lowest BCUT2D eigenvalue weighted by Gasteiger charge is -2.12. The monoisotopic (exact) mass is 172 g/mol. The number of rotatable bonds is 2. The van der Waals surface area contributed by atoms with E-state index in [-0.39, 0.29) is 0 Å². The van der Waals surface area contributed by atoms with Crippen LogP contribution in [0.1, 0.15) is 6.92 Å². The Bertz CT molecular complexity index is 235. The number of anilines is 1. The lowest BCUT2D eigenvalue weighted by atomic mass is 10.6. The minimum Gasteiger partial charge on any atom is -0.351 e. The molecule has 0 saturated heterocycles. The summed E-state index contributed by atoms with van der Waals surface area (Å²) in [4.78, 5) is 12.1. The molecule has 0 aliphatic carbocycles. The molecule has 0 unspecified atom stereocenters. The third kappa shape index (κ3) is 1.64. The van der Waals surface area contributed by atoms with Crippen molar-refractivity contribution < 1.29 is 4.79 Å². The number of carbonyl (C=O) groups excluding carboxylic acids is 1. The van der Waals surface area contributed by atoms with Gasteiger partial charge < -0.3 is 5.73 Å². The number of primary amides is 1. The summed E-state index contributed by atoms with van der Waals surface area (Å²) in [7, 11) is 0. The van der Waals surface area contributed by atoms with Crippen LogP contribution in [0.3, 0.4) is 0 Å². The van der Waals surface area contributed by atoms with Gasteiger partial charge in [0.1, 0.15) is 5.51 Å². The predicted molar refractivity (Wildman–Crippen MR) is 42.5 cm³/mol. The fraction of sp³-hybridized carbons (Fsp3) is 0.400. The van der Waals surface area contributed by atoms with Gasteiger partial charge in [0.15, 0.2) is 0 Å². The molecule has 2 N–H and O–H groups in total. The molecule has 11 heavy (non-hydrogen) atoms. The Kier molecular flexibility index (Phi) is 2.37. The minimum atomic E-state index is -0.496. The largest absolute Gasteiger partial charge is 0.351 e. The highest BCUT2D eigenvalue weighted by Gasteiger charge is 2.11. The average molecular weight is 172 g/mol. The molecule has 0 fully saturated rings. The summed E-state index contributed by atoms with van der Waals surface area (Å²) in [5, 5.41) is 7.84. The number of amides is 2. The fourth-order valence-electron chi connectivity index (χ4n) is 0.670. The molecule has 1 aromatic heterocycles. The molecule has 0 aliphatic heterocycles. The van der Waals surface area contributed by atoms with E-state index in [9.17, 15) is 4.79 Å². The second kappa shape index (κ2) is 3.29. The molecule has 1 rings (SSSR count). The van der Waals surface area contributed by atoms with Crippen LogP contribution in [0.4, 0.5) is 9.93 Å². The van der Waals surface area contributed by atoms with E-state index in [1.165, 1.54) is 16.2 Å². The van der Waals surface area contributed by atoms with E-state index < -0.39 is 6.03 Å². The van der Waals surface area contributed by atoms with Crippen molar-refractivity contribution in [2.75, 3.05) is 11.4 Å². The van der Waals surface area contributed by atoms with E-state index >= 15 is 0 Å². The summed E-state index contributed by atoms with van der Waals surface area (Å²) < 4.78 is 0. The third-order valence-electron chi connectivity index (χ3n) is 1.16. The van der Waals surface area contributed by atoms with E-state index in [4.69, 9.17) is 5.73 Å². The van der Waals surface area contributed by atoms with E-state index in [0.717, 1.165) is 0 Å². The Morgan fingerprint density at radius 3 is 3.00 bits per heavy atom. The number of carbonyl (C=O) groups is 1. The Hall–Kier alpha value is -1.17. The SMILES string of the molecule is CCN(C(N)=O)c1nncs1. The molecule has 2 amide bonds. The van der Waals surface area contributed by atoms with Gasteiger partial charge in [-0.1, -0.05) is 11.3 Å². The lowest BCUT2D eigenvalue weighted by Crippen LogP contribution is -2.35. The van der Waals surface area contributed by atoms with E-state index in [1.807, 2.05) is 6.92 Å². The van der Waals surface area contributed by atoms with Crippen LogP contribution in [0.15, 0.2) is 5.51 Å². The van der Waals surface area contributed by atoms with Crippen LogP contribution in [-0.4, -0.2) is 22.8 Å². The molecule has 0 bridgehead atoms. The molecular weight excluding hydrogens is 164 g/mol. The van der Waals surface area contributed by atoms with Gasteiger partial charge >= 0.3 is 6.03 Å². The van der Waals surface area contributed by atoms with Crippen molar-refractivity contribution in [2.45, 2.75) is 6.92 Å². The van der Waals surface area contributed by atoms with Crippen LogP contribution in [-0.2, 0) is 0 Å². The van der Waals surface area contributed by atoms with Gasteiger partial charge in [-0.15, -0.1) is 10.2 Å². The summed E-state index contributed by atoms with van der Waals surface area (Å²) in [6, 6.07) is -0.496. The quantitative estimate of drug-likeness (QED) is 0.703. The van der Waals surface area contributed by atoms with Crippen LogP contribution in [0, 0.1) is 0 Å². The molecule has 0 radical (unpaired) electrons. The molecule has 0 saturated carbocycles. The summed E-state index contributed by atoms with van der Waals surface area (Å²) in [6.07, 6.45) is 0. The first-order valence-electron chi connectivity index (χ1n) is 3.08. The van der Waals surface area contributed by atoms with Gasteiger partial charge in [0.05, 0.1) is 0 Å². The maximum Gasteiger partial charge on any atom is 0.321 e. The first-order chi connectivity index (χ1) is 5.25. The van der Waals surface area contributed by atoms with Crippen molar-refractivity contribution in [2.24, 2.45) is 5.73 Å². The molecule has 0 aromatic carbocycles. The predicted octanol–water partition coefficient (Wildman–Crippen LogP) is 0.443. The second-order valence-electron chi connectivity index (χ2n) is 1.80. The maximum absolute atomic E-state index is 10.7. The zero-order valence-corrected chi connectivity index (χ0v) is 6.84. The highest BCUT2D eigenvalue weighted by molar-refractivity contribution is 7.13. The number of hydrogen-bond acceptors (Lipinski definition) is 4. The second-order valence-corrected chi connectivity index (χ2v) is 2.62. The number of aromatic nitrogens is 2. The highest BCUT2D eigenvalue weighted by atomic mass is 32.1. The Balaban J connectivity index is 2.79. The molecule has 6 heteroatoms. The summed E-state index contributed by atoms with van der Waals surface area (Å²) in [6.45, 7) is 2.34. The van der Waals surface area contributed by atoms with Crippen molar-refractivity contribution in [1.82, 2.24) is 10.2 Å². The van der Waals surface area contributed by atoms with Crippen molar-refractivity contribution in [3.8, 4) is 0 Å². The molecule has 0 atom stereocenters. The average Bonchev–Trinajstić information content (AvgIpc) is 2.40. The van der Waals surface area contributed by atoms with Crippen molar-refractivity contribution in [3.63, 3.8) is 0 Å². The smallest absolute Gasteiger partial charge is 0.321 e. The maximum atomic E-state index is 10.7. The van der Waals surface area contributed by atoms with Crippen LogP contribution in [0.25, 0.3) is 0 Å². The zero-order valence-electron chi connectivity index (χ0n) is 6.02. The molecule has 5 nitrogen and oxygen atoms in total. The van der Waals surface area contributed by atoms with Crippen LogP contribution in [0.2, 0.25) is 0 Å². The molecule has 1 aromatic rings. The van der Waals surface area contributed by atoms with Crippen LogP contribution >= 0.6 is 11.3 Å². The van der Waals surface area contributed by atoms with Gasteiger partial charge in [-0.3, -0.25) is 4.90 Å². The number of urea groups is 1. The number of nitrogens with two attached hydrogens (primary N) is 1. The number of nitrogens with zero attached hydrogens (tertiary/aromatic N) is 3. The lowest BCUT2D eigenvalue weighted by molar-refractivity contribution is 0.254. The zero-order chi connectivity index (χ0) is 8.27. The first kappa shape index (κ1) is 7.93. The topological polar surface area (TPSA) is 72.1 Å². The van der Waals surface area contributed by atoms with Gasteiger partial charge in [0.2, 0.25) is 5.13 Å². The van der Waals surface area contributed by atoms with Crippen molar-refractivity contribution in [3.05, 3.63) is 5.51 Å². The molecule has 0 spiro atoms. The van der Waals surface area contributed by atoms with Gasteiger partial charge in [0, 0.05) is 6.54 Å². The summed E-state index contributed by atoms with van der Waals surface area (Å²) in [5.41, 5.74) is 6.62. The van der Waals surface area contributed by atoms with Crippen LogP contribution in [0.5, 0.6) is 0 Å².